The van der Waals surface area contributed by atoms with Gasteiger partial charge in [0, 0.05) is 5.56 Å². The van der Waals surface area contributed by atoms with E-state index in [1.165, 1.54) is 0 Å². The van der Waals surface area contributed by atoms with Gasteiger partial charge in [-0.05, 0) is 12.1 Å². The Morgan fingerprint density at radius 3 is 2.29 bits per heavy atom. The Balaban J connectivity index is 3.07. The van der Waals surface area contributed by atoms with Crippen molar-refractivity contribution in [1.82, 2.24) is 0 Å². The first-order valence-electron chi connectivity index (χ1n) is 3.70. The largest absolute Gasteiger partial charge is 0.370 e. The molecule has 14 heavy (non-hydrogen) atoms. The molecule has 1 aromatic rings. The quantitative estimate of drug-likeness (QED) is 0.425. The molecule has 0 aliphatic rings. The Morgan fingerprint density at radius 1 is 1.14 bits per heavy atom. The fraction of sp³-hybridized carbons (Fsp3) is 0.125. The summed E-state index contributed by atoms with van der Waals surface area (Å²) >= 11 is 0. The maximum absolute atomic E-state index is 12.9. The van der Waals surface area contributed by atoms with Crippen LogP contribution in [0.2, 0.25) is 0 Å². The molecule has 0 bridgehead atoms. The number of halogens is 3. The van der Waals surface area contributed by atoms with Crippen molar-refractivity contribution in [3.8, 4) is 0 Å². The smallest absolute Gasteiger partial charge is 0.186 e. The SMILES string of the molecule is NC(N)=NCc1c(F)ccc(F)c1F. The van der Waals surface area contributed by atoms with Gasteiger partial charge in [-0.25, -0.2) is 18.2 Å². The molecule has 1 rings (SSSR count). The van der Waals surface area contributed by atoms with Crippen molar-refractivity contribution in [3.05, 3.63) is 35.1 Å². The van der Waals surface area contributed by atoms with Crippen LogP contribution in [0.1, 0.15) is 5.56 Å². The molecule has 0 heterocycles. The first kappa shape index (κ1) is 10.4. The number of aliphatic imine (C=N–C) groups is 1. The molecule has 0 aromatic heterocycles. The summed E-state index contributed by atoms with van der Waals surface area (Å²) in [5.41, 5.74) is 9.45. The van der Waals surface area contributed by atoms with Crippen molar-refractivity contribution >= 4 is 5.96 Å². The standard InChI is InChI=1S/C8H8F3N3/c9-5-1-2-6(10)7(11)4(5)3-14-8(12)13/h1-2H,3H2,(H4,12,13,14). The minimum absolute atomic E-state index is 0.312. The molecule has 76 valence electrons. The van der Waals surface area contributed by atoms with Crippen molar-refractivity contribution in [1.29, 1.82) is 0 Å². The predicted molar refractivity (Wildman–Crippen MR) is 45.8 cm³/mol. The lowest BCUT2D eigenvalue weighted by Gasteiger charge is -2.02. The summed E-state index contributed by atoms with van der Waals surface area (Å²) in [5.74, 6) is -3.59. The van der Waals surface area contributed by atoms with Crippen molar-refractivity contribution < 1.29 is 13.2 Å². The Bertz CT molecular complexity index is 372. The molecular weight excluding hydrogens is 195 g/mol. The van der Waals surface area contributed by atoms with Gasteiger partial charge in [-0.3, -0.25) is 0 Å². The number of hydrogen-bond donors (Lipinski definition) is 2. The number of benzene rings is 1. The van der Waals surface area contributed by atoms with E-state index in [4.69, 9.17) is 11.5 Å². The van der Waals surface area contributed by atoms with E-state index in [9.17, 15) is 13.2 Å². The van der Waals surface area contributed by atoms with Gasteiger partial charge in [0.15, 0.2) is 17.6 Å². The van der Waals surface area contributed by atoms with E-state index in [0.29, 0.717) is 6.07 Å². The first-order valence-corrected chi connectivity index (χ1v) is 3.70. The highest BCUT2D eigenvalue weighted by Crippen LogP contribution is 2.16. The lowest BCUT2D eigenvalue weighted by atomic mass is 10.2. The molecule has 4 N–H and O–H groups in total. The van der Waals surface area contributed by atoms with Crippen LogP contribution in [-0.2, 0) is 6.54 Å². The Morgan fingerprint density at radius 2 is 1.71 bits per heavy atom. The average molecular weight is 203 g/mol. The molecule has 3 nitrogen and oxygen atoms in total. The minimum atomic E-state index is -1.27. The number of guanidine groups is 1. The monoisotopic (exact) mass is 203 g/mol. The van der Waals surface area contributed by atoms with Gasteiger partial charge in [-0.15, -0.1) is 0 Å². The molecule has 1 aromatic carbocycles. The first-order chi connectivity index (χ1) is 6.52. The zero-order chi connectivity index (χ0) is 10.7. The summed E-state index contributed by atoms with van der Waals surface area (Å²) in [7, 11) is 0. The molecule has 6 heteroatoms. The number of nitrogens with two attached hydrogens (primary N) is 2. The van der Waals surface area contributed by atoms with Crippen LogP contribution in [0.25, 0.3) is 0 Å². The molecule has 0 fully saturated rings. The van der Waals surface area contributed by atoms with Crippen LogP contribution in [0, 0.1) is 17.5 Å². The fourth-order valence-electron chi connectivity index (χ4n) is 0.884. The summed E-state index contributed by atoms with van der Waals surface area (Å²) in [6.45, 7) is -0.419. The van der Waals surface area contributed by atoms with E-state index in [2.05, 4.69) is 4.99 Å². The number of hydrogen-bond acceptors (Lipinski definition) is 1. The summed E-state index contributed by atoms with van der Waals surface area (Å²) in [6, 6.07) is 1.51. The number of rotatable bonds is 2. The molecule has 0 aliphatic carbocycles. The second-order valence-electron chi connectivity index (χ2n) is 2.56. The van der Waals surface area contributed by atoms with Gasteiger partial charge in [0.25, 0.3) is 0 Å². The lowest BCUT2D eigenvalue weighted by Crippen LogP contribution is -2.22. The van der Waals surface area contributed by atoms with E-state index < -0.39 is 29.6 Å². The highest BCUT2D eigenvalue weighted by molar-refractivity contribution is 5.75. The molecule has 0 radical (unpaired) electrons. The van der Waals surface area contributed by atoms with Crippen LogP contribution in [0.3, 0.4) is 0 Å². The number of nitrogens with zero attached hydrogens (tertiary/aromatic N) is 1. The third-order valence-electron chi connectivity index (χ3n) is 1.56. The van der Waals surface area contributed by atoms with Crippen LogP contribution in [0.5, 0.6) is 0 Å². The molecule has 0 aliphatic heterocycles. The molecule has 0 unspecified atom stereocenters. The highest BCUT2D eigenvalue weighted by atomic mass is 19.2. The minimum Gasteiger partial charge on any atom is -0.370 e. The normalized spacial score (nSPS) is 9.93. The topological polar surface area (TPSA) is 64.4 Å². The molecule has 0 spiro atoms. The van der Waals surface area contributed by atoms with E-state index in [0.717, 1.165) is 6.07 Å². The summed E-state index contributed by atoms with van der Waals surface area (Å²) < 4.78 is 38.5. The summed E-state index contributed by atoms with van der Waals surface area (Å²) in [6.07, 6.45) is 0. The zero-order valence-electron chi connectivity index (χ0n) is 7.10. The van der Waals surface area contributed by atoms with Crippen molar-refractivity contribution in [3.63, 3.8) is 0 Å². The van der Waals surface area contributed by atoms with Crippen LogP contribution in [0.15, 0.2) is 17.1 Å². The van der Waals surface area contributed by atoms with Gasteiger partial charge in [0.1, 0.15) is 5.82 Å². The predicted octanol–water partition coefficient (Wildman–Crippen LogP) is 0.877. The van der Waals surface area contributed by atoms with Gasteiger partial charge < -0.3 is 11.5 Å². The second kappa shape index (κ2) is 3.99. The van der Waals surface area contributed by atoms with Gasteiger partial charge >= 0.3 is 0 Å². The zero-order valence-corrected chi connectivity index (χ0v) is 7.10. The van der Waals surface area contributed by atoms with Crippen molar-refractivity contribution in [2.75, 3.05) is 0 Å². The fourth-order valence-corrected chi connectivity index (χ4v) is 0.884. The van der Waals surface area contributed by atoms with Gasteiger partial charge in [-0.1, -0.05) is 0 Å². The lowest BCUT2D eigenvalue weighted by molar-refractivity contribution is 0.480. The summed E-state index contributed by atoms with van der Waals surface area (Å²) in [5, 5.41) is 0. The third-order valence-corrected chi connectivity index (χ3v) is 1.56. The van der Waals surface area contributed by atoms with E-state index in [-0.39, 0.29) is 5.96 Å². The van der Waals surface area contributed by atoms with Gasteiger partial charge in [0.05, 0.1) is 6.54 Å². The molecule has 0 amide bonds. The van der Waals surface area contributed by atoms with Crippen LogP contribution in [-0.4, -0.2) is 5.96 Å². The van der Waals surface area contributed by atoms with Gasteiger partial charge in [-0.2, -0.15) is 0 Å². The molecule has 0 saturated heterocycles. The maximum atomic E-state index is 12.9. The van der Waals surface area contributed by atoms with E-state index >= 15 is 0 Å². The third kappa shape index (κ3) is 2.15. The van der Waals surface area contributed by atoms with Crippen LogP contribution >= 0.6 is 0 Å². The van der Waals surface area contributed by atoms with Crippen molar-refractivity contribution in [2.24, 2.45) is 16.5 Å². The van der Waals surface area contributed by atoms with Crippen molar-refractivity contribution in [2.45, 2.75) is 6.54 Å². The highest BCUT2D eigenvalue weighted by Gasteiger charge is 2.12. The Hall–Kier alpha value is -1.72. The summed E-state index contributed by atoms with van der Waals surface area (Å²) in [4.78, 5) is 3.38. The van der Waals surface area contributed by atoms with Gasteiger partial charge in [0.2, 0.25) is 0 Å². The second-order valence-corrected chi connectivity index (χ2v) is 2.56. The molecule has 0 atom stereocenters. The molecule has 0 saturated carbocycles. The maximum Gasteiger partial charge on any atom is 0.186 e. The van der Waals surface area contributed by atoms with Crippen LogP contribution in [0.4, 0.5) is 13.2 Å². The molecular formula is C8H8F3N3. The van der Waals surface area contributed by atoms with E-state index in [1.807, 2.05) is 0 Å². The average Bonchev–Trinajstić information content (AvgIpc) is 2.11. The van der Waals surface area contributed by atoms with E-state index in [1.54, 1.807) is 0 Å². The van der Waals surface area contributed by atoms with Crippen LogP contribution < -0.4 is 11.5 Å². The Labute approximate surface area is 78.2 Å². The Kier molecular flexibility index (Phi) is 2.95.